The lowest BCUT2D eigenvalue weighted by molar-refractivity contribution is 0.101. The molecule has 0 aromatic carbocycles. The van der Waals surface area contributed by atoms with Crippen LogP contribution in [0.15, 0.2) is 16.8 Å². The lowest BCUT2D eigenvalue weighted by Crippen LogP contribution is -2.17. The molecule has 0 saturated heterocycles. The third-order valence-electron chi connectivity index (χ3n) is 2.26. The molecule has 0 aliphatic rings. The number of carbonyl (C=O) groups excluding carboxylic acids is 1. The van der Waals surface area contributed by atoms with Gasteiger partial charge in [-0.3, -0.25) is 9.48 Å². The summed E-state index contributed by atoms with van der Waals surface area (Å²) in [6.07, 6.45) is 0. The molecule has 1 amide bonds. The molecule has 6 heteroatoms. The molecule has 0 aliphatic carbocycles. The largest absolute Gasteiger partial charge is 0.395 e. The molecule has 16 heavy (non-hydrogen) atoms. The van der Waals surface area contributed by atoms with Gasteiger partial charge in [0.15, 0.2) is 0 Å². The van der Waals surface area contributed by atoms with Crippen LogP contribution in [0.2, 0.25) is 0 Å². The number of aryl methyl sites for hydroxylation is 2. The lowest BCUT2D eigenvalue weighted by atomic mass is 10.3. The van der Waals surface area contributed by atoms with Gasteiger partial charge < -0.3 is 11.1 Å². The third-order valence-corrected chi connectivity index (χ3v) is 2.95. The van der Waals surface area contributed by atoms with E-state index in [1.807, 2.05) is 16.8 Å². The molecule has 3 N–H and O–H groups in total. The Balaban J connectivity index is 2.27. The van der Waals surface area contributed by atoms with E-state index in [1.54, 1.807) is 14.0 Å². The molecular formula is C10H12N4OS. The quantitative estimate of drug-likeness (QED) is 0.832. The number of nitrogens with one attached hydrogen (secondary N) is 1. The highest BCUT2D eigenvalue weighted by molar-refractivity contribution is 7.08. The van der Waals surface area contributed by atoms with Crippen LogP contribution in [-0.2, 0) is 7.05 Å². The Morgan fingerprint density at radius 3 is 2.88 bits per heavy atom. The summed E-state index contributed by atoms with van der Waals surface area (Å²) >= 11 is 1.52. The van der Waals surface area contributed by atoms with Crippen LogP contribution >= 0.6 is 11.3 Å². The topological polar surface area (TPSA) is 72.9 Å². The molecule has 2 aromatic heterocycles. The van der Waals surface area contributed by atoms with Gasteiger partial charge in [-0.05, 0) is 18.4 Å². The predicted octanol–water partition coefficient (Wildman–Crippen LogP) is 1.62. The Bertz CT molecular complexity index is 515. The first-order chi connectivity index (χ1) is 7.59. The molecule has 0 spiro atoms. The number of anilines is 2. The number of nitrogens with zero attached hydrogens (tertiary/aromatic N) is 2. The van der Waals surface area contributed by atoms with Gasteiger partial charge in [-0.25, -0.2) is 0 Å². The summed E-state index contributed by atoms with van der Waals surface area (Å²) in [5.41, 5.74) is 8.05. The van der Waals surface area contributed by atoms with Crippen LogP contribution in [0.1, 0.15) is 16.2 Å². The fourth-order valence-electron chi connectivity index (χ4n) is 1.47. The van der Waals surface area contributed by atoms with Crippen molar-refractivity contribution in [1.82, 2.24) is 9.78 Å². The van der Waals surface area contributed by atoms with Gasteiger partial charge in [-0.1, -0.05) is 0 Å². The molecular weight excluding hydrogens is 224 g/mol. The van der Waals surface area contributed by atoms with E-state index < -0.39 is 0 Å². The van der Waals surface area contributed by atoms with Crippen LogP contribution in [-0.4, -0.2) is 15.7 Å². The summed E-state index contributed by atoms with van der Waals surface area (Å²) in [6.45, 7) is 1.77. The van der Waals surface area contributed by atoms with Gasteiger partial charge in [0.05, 0.1) is 17.1 Å². The smallest absolute Gasteiger partial charge is 0.276 e. The van der Waals surface area contributed by atoms with Crippen LogP contribution in [0.25, 0.3) is 0 Å². The van der Waals surface area contributed by atoms with E-state index in [2.05, 4.69) is 10.4 Å². The molecule has 2 rings (SSSR count). The van der Waals surface area contributed by atoms with Gasteiger partial charge in [0.2, 0.25) is 0 Å². The second kappa shape index (κ2) is 3.97. The van der Waals surface area contributed by atoms with E-state index in [1.165, 1.54) is 16.0 Å². The maximum absolute atomic E-state index is 11.9. The Morgan fingerprint density at radius 1 is 1.62 bits per heavy atom. The van der Waals surface area contributed by atoms with Crippen LogP contribution < -0.4 is 11.1 Å². The zero-order chi connectivity index (χ0) is 11.7. The monoisotopic (exact) mass is 236 g/mol. The minimum absolute atomic E-state index is 0.237. The van der Waals surface area contributed by atoms with Crippen molar-refractivity contribution in [2.24, 2.45) is 7.05 Å². The van der Waals surface area contributed by atoms with Crippen LogP contribution in [0.5, 0.6) is 0 Å². The molecule has 2 heterocycles. The zero-order valence-electron chi connectivity index (χ0n) is 9.02. The molecule has 0 bridgehead atoms. The van der Waals surface area contributed by atoms with Crippen molar-refractivity contribution < 1.29 is 4.79 Å². The van der Waals surface area contributed by atoms with E-state index in [-0.39, 0.29) is 5.91 Å². The highest BCUT2D eigenvalue weighted by Crippen LogP contribution is 2.18. The first kappa shape index (κ1) is 10.7. The number of rotatable bonds is 2. The van der Waals surface area contributed by atoms with Crippen molar-refractivity contribution >= 4 is 28.6 Å². The molecule has 0 saturated carbocycles. The molecule has 0 aliphatic heterocycles. The number of carbonyl (C=O) groups is 1. The van der Waals surface area contributed by atoms with E-state index in [4.69, 9.17) is 5.73 Å². The number of thiophene rings is 1. The molecule has 0 atom stereocenters. The summed E-state index contributed by atoms with van der Waals surface area (Å²) in [4.78, 5) is 11.9. The molecule has 0 unspecified atom stereocenters. The van der Waals surface area contributed by atoms with Gasteiger partial charge >= 0.3 is 0 Å². The number of hydrogen-bond acceptors (Lipinski definition) is 4. The molecule has 5 nitrogen and oxygen atoms in total. The molecule has 84 valence electrons. The average molecular weight is 236 g/mol. The van der Waals surface area contributed by atoms with Gasteiger partial charge in [-0.2, -0.15) is 16.4 Å². The highest BCUT2D eigenvalue weighted by atomic mass is 32.1. The Labute approximate surface area is 96.9 Å². The maximum atomic E-state index is 11.9. The zero-order valence-corrected chi connectivity index (χ0v) is 9.84. The van der Waals surface area contributed by atoms with Crippen molar-refractivity contribution in [2.75, 3.05) is 11.1 Å². The molecule has 0 radical (unpaired) electrons. The Hall–Kier alpha value is -1.82. The SMILES string of the molecule is Cc1nn(C)c(C(=O)Nc2ccsc2)c1N. The van der Waals surface area contributed by atoms with Crippen LogP contribution in [0.4, 0.5) is 11.4 Å². The summed E-state index contributed by atoms with van der Waals surface area (Å²) in [5.74, 6) is -0.237. The number of nitrogens with two attached hydrogens (primary N) is 1. The highest BCUT2D eigenvalue weighted by Gasteiger charge is 2.17. The van der Waals surface area contributed by atoms with Crippen molar-refractivity contribution in [2.45, 2.75) is 6.92 Å². The van der Waals surface area contributed by atoms with Gasteiger partial charge in [0.1, 0.15) is 5.69 Å². The number of hydrogen-bond donors (Lipinski definition) is 2. The van der Waals surface area contributed by atoms with Gasteiger partial charge in [-0.15, -0.1) is 0 Å². The standard InChI is InChI=1S/C10H12N4OS/c1-6-8(11)9(14(2)13-6)10(15)12-7-3-4-16-5-7/h3-5H,11H2,1-2H3,(H,12,15). The van der Waals surface area contributed by atoms with E-state index in [0.717, 1.165) is 5.69 Å². The second-order valence-corrected chi connectivity index (χ2v) is 4.22. The first-order valence-electron chi connectivity index (χ1n) is 4.72. The van der Waals surface area contributed by atoms with Crippen molar-refractivity contribution in [3.63, 3.8) is 0 Å². The first-order valence-corrected chi connectivity index (χ1v) is 5.66. The molecule has 2 aromatic rings. The van der Waals surface area contributed by atoms with E-state index >= 15 is 0 Å². The number of nitrogen functional groups attached to an aromatic ring is 1. The Kier molecular flexibility index (Phi) is 2.66. The lowest BCUT2D eigenvalue weighted by Gasteiger charge is -2.03. The maximum Gasteiger partial charge on any atom is 0.276 e. The van der Waals surface area contributed by atoms with Gasteiger partial charge in [0, 0.05) is 12.4 Å². The van der Waals surface area contributed by atoms with E-state index in [0.29, 0.717) is 17.1 Å². The predicted molar refractivity (Wildman–Crippen MR) is 64.6 cm³/mol. The van der Waals surface area contributed by atoms with E-state index in [9.17, 15) is 4.79 Å². The minimum Gasteiger partial charge on any atom is -0.395 e. The Morgan fingerprint density at radius 2 is 2.38 bits per heavy atom. The number of amides is 1. The van der Waals surface area contributed by atoms with Crippen molar-refractivity contribution in [1.29, 1.82) is 0 Å². The minimum atomic E-state index is -0.237. The van der Waals surface area contributed by atoms with Crippen molar-refractivity contribution in [3.05, 3.63) is 28.2 Å². The fraction of sp³-hybridized carbons (Fsp3) is 0.200. The summed E-state index contributed by atoms with van der Waals surface area (Å²) in [7, 11) is 1.70. The average Bonchev–Trinajstić information content (AvgIpc) is 2.77. The fourth-order valence-corrected chi connectivity index (χ4v) is 2.06. The summed E-state index contributed by atoms with van der Waals surface area (Å²) < 4.78 is 1.49. The molecule has 0 fully saturated rings. The van der Waals surface area contributed by atoms with Crippen molar-refractivity contribution in [3.8, 4) is 0 Å². The normalized spacial score (nSPS) is 10.4. The summed E-state index contributed by atoms with van der Waals surface area (Å²) in [5, 5.41) is 10.6. The van der Waals surface area contributed by atoms with Crippen LogP contribution in [0.3, 0.4) is 0 Å². The van der Waals surface area contributed by atoms with Crippen LogP contribution in [0, 0.1) is 6.92 Å². The third kappa shape index (κ3) is 1.79. The number of aromatic nitrogens is 2. The summed E-state index contributed by atoms with van der Waals surface area (Å²) in [6, 6.07) is 1.84. The second-order valence-electron chi connectivity index (χ2n) is 3.44. The van der Waals surface area contributed by atoms with Gasteiger partial charge in [0.25, 0.3) is 5.91 Å².